The number of unbranched alkanes of at least 4 members (excludes halogenated alkanes) is 4. The van der Waals surface area contributed by atoms with Crippen molar-refractivity contribution in [2.75, 3.05) is 0 Å². The first kappa shape index (κ1) is 16.0. The minimum Gasteiger partial charge on any atom is -0.0839 e. The van der Waals surface area contributed by atoms with Gasteiger partial charge in [0.2, 0.25) is 0 Å². The summed E-state index contributed by atoms with van der Waals surface area (Å²) in [6.07, 6.45) is 11.3. The van der Waals surface area contributed by atoms with Crippen molar-refractivity contribution in [3.63, 3.8) is 0 Å². The Hall–Kier alpha value is -1.04. The minimum absolute atomic E-state index is 1.21. The number of hydrogen-bond donors (Lipinski definition) is 0. The van der Waals surface area contributed by atoms with Crippen molar-refractivity contribution >= 4 is 6.08 Å². The average Bonchev–Trinajstić information content (AvgIpc) is 2.41. The monoisotopic (exact) mass is 258 g/mol. The molecule has 0 aliphatic heterocycles. The van der Waals surface area contributed by atoms with E-state index in [-0.39, 0.29) is 0 Å². The summed E-state index contributed by atoms with van der Waals surface area (Å²) in [4.78, 5) is 0. The Labute approximate surface area is 119 Å². The van der Waals surface area contributed by atoms with E-state index in [0.29, 0.717) is 0 Å². The van der Waals surface area contributed by atoms with E-state index in [0.717, 1.165) is 0 Å². The first-order chi connectivity index (χ1) is 9.00. The molecule has 0 fully saturated rings. The van der Waals surface area contributed by atoms with Gasteiger partial charge in [-0.15, -0.1) is 0 Å². The second-order valence-corrected chi connectivity index (χ2v) is 5.79. The van der Waals surface area contributed by atoms with Gasteiger partial charge >= 0.3 is 0 Å². The van der Waals surface area contributed by atoms with Crippen molar-refractivity contribution in [1.29, 1.82) is 0 Å². The molecule has 19 heavy (non-hydrogen) atoms. The van der Waals surface area contributed by atoms with Crippen molar-refractivity contribution in [3.05, 3.63) is 39.5 Å². The van der Waals surface area contributed by atoms with Crippen LogP contribution in [0.2, 0.25) is 0 Å². The highest BCUT2D eigenvalue weighted by Gasteiger charge is 2.09. The molecule has 0 heterocycles. The van der Waals surface area contributed by atoms with Gasteiger partial charge in [-0.25, -0.2) is 0 Å². The zero-order chi connectivity index (χ0) is 14.4. The average molecular weight is 258 g/mol. The molecule has 0 bridgehead atoms. The third-order valence-electron chi connectivity index (χ3n) is 4.57. The quantitative estimate of drug-likeness (QED) is 0.532. The zero-order valence-electron chi connectivity index (χ0n) is 13.7. The summed E-state index contributed by atoms with van der Waals surface area (Å²) in [7, 11) is 0. The molecule has 0 heteroatoms. The minimum atomic E-state index is 1.21. The summed E-state index contributed by atoms with van der Waals surface area (Å²) in [5, 5.41) is 0. The van der Waals surface area contributed by atoms with Gasteiger partial charge in [0.15, 0.2) is 0 Å². The standard InChI is InChI=1S/C19H30/c1-7-8-9-10-11-12-13-19-17(5)15(3)14(2)16(4)18(19)6/h12-13H,7-11H2,1-6H3. The molecule has 106 valence electrons. The molecule has 0 aliphatic rings. The molecule has 1 aromatic rings. The highest BCUT2D eigenvalue weighted by molar-refractivity contribution is 5.63. The lowest BCUT2D eigenvalue weighted by Crippen LogP contribution is -1.99. The number of allylic oxidation sites excluding steroid dienone is 1. The maximum Gasteiger partial charge on any atom is -0.0196 e. The predicted octanol–water partition coefficient (Wildman–Crippen LogP) is 6.21. The smallest absolute Gasteiger partial charge is 0.0196 e. The van der Waals surface area contributed by atoms with Crippen LogP contribution in [0.3, 0.4) is 0 Å². The van der Waals surface area contributed by atoms with Crippen molar-refractivity contribution in [2.45, 2.75) is 73.6 Å². The summed E-state index contributed by atoms with van der Waals surface area (Å²) in [6, 6.07) is 0. The van der Waals surface area contributed by atoms with Crippen molar-refractivity contribution < 1.29 is 0 Å². The van der Waals surface area contributed by atoms with E-state index in [1.807, 2.05) is 0 Å². The van der Waals surface area contributed by atoms with Crippen LogP contribution in [0.15, 0.2) is 6.08 Å². The van der Waals surface area contributed by atoms with E-state index in [2.05, 4.69) is 53.7 Å². The number of rotatable bonds is 6. The normalized spacial score (nSPS) is 11.5. The Bertz CT molecular complexity index is 421. The van der Waals surface area contributed by atoms with Crippen molar-refractivity contribution in [2.24, 2.45) is 0 Å². The second-order valence-electron chi connectivity index (χ2n) is 5.79. The zero-order valence-corrected chi connectivity index (χ0v) is 13.7. The van der Waals surface area contributed by atoms with Crippen LogP contribution in [-0.2, 0) is 0 Å². The lowest BCUT2D eigenvalue weighted by molar-refractivity contribution is 0.675. The van der Waals surface area contributed by atoms with Gasteiger partial charge < -0.3 is 0 Å². The Morgan fingerprint density at radius 2 is 1.21 bits per heavy atom. The molecule has 0 saturated carbocycles. The van der Waals surface area contributed by atoms with Crippen LogP contribution in [0.5, 0.6) is 0 Å². The summed E-state index contributed by atoms with van der Waals surface area (Å²) in [5.41, 5.74) is 8.70. The Kier molecular flexibility index (Phi) is 6.34. The summed E-state index contributed by atoms with van der Waals surface area (Å²) >= 11 is 0. The van der Waals surface area contributed by atoms with Gasteiger partial charge in [-0.3, -0.25) is 0 Å². The highest BCUT2D eigenvalue weighted by atomic mass is 14.1. The molecular formula is C19H30. The van der Waals surface area contributed by atoms with E-state index >= 15 is 0 Å². The van der Waals surface area contributed by atoms with Gasteiger partial charge in [0, 0.05) is 0 Å². The third-order valence-corrected chi connectivity index (χ3v) is 4.57. The maximum atomic E-state index is 2.36. The molecule has 1 rings (SSSR count). The van der Waals surface area contributed by atoms with Gasteiger partial charge in [-0.2, -0.15) is 0 Å². The molecular weight excluding hydrogens is 228 g/mol. The van der Waals surface area contributed by atoms with Crippen LogP contribution >= 0.6 is 0 Å². The number of hydrogen-bond acceptors (Lipinski definition) is 0. The van der Waals surface area contributed by atoms with Gasteiger partial charge in [0.1, 0.15) is 0 Å². The van der Waals surface area contributed by atoms with Crippen molar-refractivity contribution in [1.82, 2.24) is 0 Å². The van der Waals surface area contributed by atoms with Crippen LogP contribution in [0.25, 0.3) is 6.08 Å². The fourth-order valence-electron chi connectivity index (χ4n) is 2.67. The predicted molar refractivity (Wildman–Crippen MR) is 87.9 cm³/mol. The van der Waals surface area contributed by atoms with E-state index < -0.39 is 0 Å². The molecule has 0 N–H and O–H groups in total. The molecule has 1 aromatic carbocycles. The summed E-state index contributed by atoms with van der Waals surface area (Å²) in [6.45, 7) is 13.5. The fraction of sp³-hybridized carbons (Fsp3) is 0.579. The van der Waals surface area contributed by atoms with Gasteiger partial charge in [-0.1, -0.05) is 38.3 Å². The van der Waals surface area contributed by atoms with Gasteiger partial charge in [-0.05, 0) is 80.8 Å². The van der Waals surface area contributed by atoms with Gasteiger partial charge in [0.05, 0.1) is 0 Å². The van der Waals surface area contributed by atoms with E-state index in [1.54, 1.807) is 0 Å². The molecule has 0 aromatic heterocycles. The van der Waals surface area contributed by atoms with Crippen LogP contribution in [-0.4, -0.2) is 0 Å². The largest absolute Gasteiger partial charge is 0.0839 e. The highest BCUT2D eigenvalue weighted by Crippen LogP contribution is 2.27. The van der Waals surface area contributed by atoms with E-state index in [1.165, 1.54) is 65.5 Å². The topological polar surface area (TPSA) is 0 Å². The van der Waals surface area contributed by atoms with E-state index in [4.69, 9.17) is 0 Å². The molecule has 0 atom stereocenters. The lowest BCUT2D eigenvalue weighted by Gasteiger charge is -2.16. The Morgan fingerprint density at radius 1 is 0.684 bits per heavy atom. The molecule has 0 saturated heterocycles. The third kappa shape index (κ3) is 3.96. The van der Waals surface area contributed by atoms with Crippen LogP contribution in [0.1, 0.15) is 72.4 Å². The second kappa shape index (κ2) is 7.53. The molecule has 0 aliphatic carbocycles. The molecule has 0 amide bonds. The first-order valence-corrected chi connectivity index (χ1v) is 7.74. The maximum absolute atomic E-state index is 2.36. The Morgan fingerprint density at radius 3 is 1.74 bits per heavy atom. The molecule has 0 unspecified atom stereocenters. The van der Waals surface area contributed by atoms with Crippen LogP contribution in [0.4, 0.5) is 0 Å². The molecule has 0 spiro atoms. The lowest BCUT2D eigenvalue weighted by atomic mass is 9.89. The SMILES string of the molecule is CCCCCCC=Cc1c(C)c(C)c(C)c(C)c1C. The Balaban J connectivity index is 2.81. The van der Waals surface area contributed by atoms with E-state index in [9.17, 15) is 0 Å². The van der Waals surface area contributed by atoms with Crippen molar-refractivity contribution in [3.8, 4) is 0 Å². The number of benzene rings is 1. The first-order valence-electron chi connectivity index (χ1n) is 7.74. The van der Waals surface area contributed by atoms with Gasteiger partial charge in [0.25, 0.3) is 0 Å². The summed E-state index contributed by atoms with van der Waals surface area (Å²) < 4.78 is 0. The van der Waals surface area contributed by atoms with Crippen LogP contribution in [0, 0.1) is 34.6 Å². The van der Waals surface area contributed by atoms with Crippen LogP contribution < -0.4 is 0 Å². The molecule has 0 radical (unpaired) electrons. The summed E-state index contributed by atoms with van der Waals surface area (Å²) in [5.74, 6) is 0. The fourth-order valence-corrected chi connectivity index (χ4v) is 2.67. The molecule has 0 nitrogen and oxygen atoms in total.